The van der Waals surface area contributed by atoms with Gasteiger partial charge in [-0.15, -0.1) is 0 Å². The Hall–Kier alpha value is -1.81. The third-order valence-electron chi connectivity index (χ3n) is 3.87. The van der Waals surface area contributed by atoms with E-state index in [2.05, 4.69) is 5.10 Å². The van der Waals surface area contributed by atoms with Crippen LogP contribution in [0.4, 0.5) is 0 Å². The molecule has 0 fully saturated rings. The normalized spacial score (nSPS) is 21.4. The predicted molar refractivity (Wildman–Crippen MR) is 72.1 cm³/mol. The topological polar surface area (TPSA) is 47.3 Å². The highest BCUT2D eigenvalue weighted by Crippen LogP contribution is 2.40. The van der Waals surface area contributed by atoms with Gasteiger partial charge in [0.2, 0.25) is 0 Å². The number of rotatable bonds is 3. The van der Waals surface area contributed by atoms with Crippen molar-refractivity contribution in [1.29, 1.82) is 0 Å². The van der Waals surface area contributed by atoms with Crippen LogP contribution in [0.1, 0.15) is 23.2 Å². The Balaban J connectivity index is 1.94. The van der Waals surface area contributed by atoms with Gasteiger partial charge in [-0.1, -0.05) is 6.07 Å². The molecule has 1 aliphatic carbocycles. The lowest BCUT2D eigenvalue weighted by Gasteiger charge is -2.23. The number of aromatic nitrogens is 2. The van der Waals surface area contributed by atoms with E-state index in [1.165, 1.54) is 5.56 Å². The van der Waals surface area contributed by atoms with Crippen LogP contribution in [0.5, 0.6) is 5.75 Å². The molecule has 1 aliphatic rings. The Morgan fingerprint density at radius 2 is 2.26 bits per heavy atom. The van der Waals surface area contributed by atoms with Crippen molar-refractivity contribution in [3.8, 4) is 5.75 Å². The molecule has 100 valence electrons. The number of aliphatic hydroxyl groups is 1. The van der Waals surface area contributed by atoms with E-state index in [4.69, 9.17) is 4.74 Å². The zero-order valence-electron chi connectivity index (χ0n) is 11.3. The molecule has 0 saturated carbocycles. The summed E-state index contributed by atoms with van der Waals surface area (Å²) >= 11 is 0. The molecule has 1 aromatic carbocycles. The summed E-state index contributed by atoms with van der Waals surface area (Å²) in [5, 5.41) is 15.3. The van der Waals surface area contributed by atoms with E-state index in [0.29, 0.717) is 6.42 Å². The first-order valence-electron chi connectivity index (χ1n) is 6.49. The standard InChI is InChI=1S/C15H18N2O2/c1-17-8-6-12(16-17)10-15(18)7-5-11-3-4-13(19-2)9-14(11)15/h3-4,6,8-9,18H,5,7,10H2,1-2H3. The molecule has 0 aliphatic heterocycles. The Morgan fingerprint density at radius 1 is 1.42 bits per heavy atom. The van der Waals surface area contributed by atoms with Crippen LogP contribution in [-0.4, -0.2) is 22.0 Å². The minimum absolute atomic E-state index is 0.550. The lowest BCUT2D eigenvalue weighted by atomic mass is 9.91. The van der Waals surface area contributed by atoms with Gasteiger partial charge in [0.1, 0.15) is 5.75 Å². The van der Waals surface area contributed by atoms with E-state index in [9.17, 15) is 5.11 Å². The van der Waals surface area contributed by atoms with E-state index in [-0.39, 0.29) is 0 Å². The number of benzene rings is 1. The van der Waals surface area contributed by atoms with Gasteiger partial charge in [0.15, 0.2) is 0 Å². The molecule has 1 heterocycles. The Morgan fingerprint density at radius 3 is 2.95 bits per heavy atom. The summed E-state index contributed by atoms with van der Waals surface area (Å²) in [7, 11) is 3.54. The highest BCUT2D eigenvalue weighted by molar-refractivity contribution is 5.43. The third-order valence-corrected chi connectivity index (χ3v) is 3.87. The molecule has 19 heavy (non-hydrogen) atoms. The zero-order chi connectivity index (χ0) is 13.5. The molecule has 0 amide bonds. The van der Waals surface area contributed by atoms with Crippen molar-refractivity contribution in [2.75, 3.05) is 7.11 Å². The van der Waals surface area contributed by atoms with E-state index >= 15 is 0 Å². The number of hydrogen-bond acceptors (Lipinski definition) is 3. The lowest BCUT2D eigenvalue weighted by molar-refractivity contribution is 0.0377. The van der Waals surface area contributed by atoms with Crippen molar-refractivity contribution in [2.24, 2.45) is 7.05 Å². The second-order valence-corrected chi connectivity index (χ2v) is 5.21. The maximum atomic E-state index is 10.9. The zero-order valence-corrected chi connectivity index (χ0v) is 11.3. The van der Waals surface area contributed by atoms with Crippen molar-refractivity contribution in [2.45, 2.75) is 24.9 Å². The molecule has 0 radical (unpaired) electrons. The van der Waals surface area contributed by atoms with E-state index < -0.39 is 5.60 Å². The quantitative estimate of drug-likeness (QED) is 0.913. The maximum Gasteiger partial charge on any atom is 0.119 e. The Kier molecular flexibility index (Phi) is 2.82. The average molecular weight is 258 g/mol. The molecule has 1 N–H and O–H groups in total. The van der Waals surface area contributed by atoms with Gasteiger partial charge >= 0.3 is 0 Å². The number of ether oxygens (including phenoxy) is 1. The largest absolute Gasteiger partial charge is 0.497 e. The minimum Gasteiger partial charge on any atom is -0.497 e. The summed E-state index contributed by atoms with van der Waals surface area (Å²) in [6.07, 6.45) is 4.10. The molecule has 3 rings (SSSR count). The maximum absolute atomic E-state index is 10.9. The molecular weight excluding hydrogens is 240 g/mol. The highest BCUT2D eigenvalue weighted by Gasteiger charge is 2.37. The van der Waals surface area contributed by atoms with E-state index in [0.717, 1.165) is 29.8 Å². The first kappa shape index (κ1) is 12.2. The van der Waals surface area contributed by atoms with Crippen LogP contribution in [0.15, 0.2) is 30.5 Å². The predicted octanol–water partition coefficient (Wildman–Crippen LogP) is 1.81. The van der Waals surface area contributed by atoms with Crippen LogP contribution in [-0.2, 0) is 25.5 Å². The summed E-state index contributed by atoms with van der Waals surface area (Å²) in [5.41, 5.74) is 2.29. The highest BCUT2D eigenvalue weighted by atomic mass is 16.5. The first-order chi connectivity index (χ1) is 9.10. The third kappa shape index (κ3) is 2.12. The van der Waals surface area contributed by atoms with Gasteiger partial charge in [-0.05, 0) is 42.2 Å². The van der Waals surface area contributed by atoms with Gasteiger partial charge in [0.25, 0.3) is 0 Å². The fourth-order valence-electron chi connectivity index (χ4n) is 2.85. The van der Waals surface area contributed by atoms with Crippen molar-refractivity contribution in [3.63, 3.8) is 0 Å². The minimum atomic E-state index is -0.821. The van der Waals surface area contributed by atoms with E-state index in [1.54, 1.807) is 11.8 Å². The molecule has 0 spiro atoms. The van der Waals surface area contributed by atoms with Crippen LogP contribution in [0, 0.1) is 0 Å². The van der Waals surface area contributed by atoms with Gasteiger partial charge in [-0.25, -0.2) is 0 Å². The summed E-state index contributed by atoms with van der Waals surface area (Å²) in [6, 6.07) is 7.90. The lowest BCUT2D eigenvalue weighted by Crippen LogP contribution is -2.25. The molecule has 1 unspecified atom stereocenters. The van der Waals surface area contributed by atoms with Gasteiger partial charge in [-0.2, -0.15) is 5.10 Å². The molecule has 0 bridgehead atoms. The average Bonchev–Trinajstić information content (AvgIpc) is 2.94. The summed E-state index contributed by atoms with van der Waals surface area (Å²) < 4.78 is 7.02. The van der Waals surface area contributed by atoms with Crippen molar-refractivity contribution in [1.82, 2.24) is 9.78 Å². The Bertz CT molecular complexity index is 606. The van der Waals surface area contributed by atoms with Crippen LogP contribution in [0.25, 0.3) is 0 Å². The SMILES string of the molecule is COc1ccc2c(c1)C(O)(Cc1ccn(C)n1)CC2. The molecular formula is C15H18N2O2. The molecule has 4 heteroatoms. The van der Waals surface area contributed by atoms with Crippen molar-refractivity contribution < 1.29 is 9.84 Å². The number of methoxy groups -OCH3 is 1. The second-order valence-electron chi connectivity index (χ2n) is 5.21. The summed E-state index contributed by atoms with van der Waals surface area (Å²) in [5.74, 6) is 0.792. The Labute approximate surface area is 112 Å². The van der Waals surface area contributed by atoms with Crippen molar-refractivity contribution in [3.05, 3.63) is 47.3 Å². The fourth-order valence-corrected chi connectivity index (χ4v) is 2.85. The van der Waals surface area contributed by atoms with Crippen LogP contribution in [0.3, 0.4) is 0 Å². The van der Waals surface area contributed by atoms with Crippen LogP contribution in [0.2, 0.25) is 0 Å². The number of nitrogens with zero attached hydrogens (tertiary/aromatic N) is 2. The summed E-state index contributed by atoms with van der Waals surface area (Å²) in [6.45, 7) is 0. The number of fused-ring (bicyclic) bond motifs is 1. The number of hydrogen-bond donors (Lipinski definition) is 1. The number of aryl methyl sites for hydroxylation is 2. The smallest absolute Gasteiger partial charge is 0.119 e. The van der Waals surface area contributed by atoms with E-state index in [1.807, 2.05) is 37.5 Å². The molecule has 1 aromatic heterocycles. The van der Waals surface area contributed by atoms with Crippen molar-refractivity contribution >= 4 is 0 Å². The van der Waals surface area contributed by atoms with Gasteiger partial charge in [0.05, 0.1) is 18.4 Å². The molecule has 1 atom stereocenters. The molecule has 2 aromatic rings. The van der Waals surface area contributed by atoms with Gasteiger partial charge in [0, 0.05) is 19.7 Å². The van der Waals surface area contributed by atoms with Gasteiger partial charge < -0.3 is 9.84 Å². The second kappa shape index (κ2) is 4.38. The molecule has 4 nitrogen and oxygen atoms in total. The van der Waals surface area contributed by atoms with Gasteiger partial charge in [-0.3, -0.25) is 4.68 Å². The fraction of sp³-hybridized carbons (Fsp3) is 0.400. The first-order valence-corrected chi connectivity index (χ1v) is 6.49. The van der Waals surface area contributed by atoms with Crippen LogP contribution >= 0.6 is 0 Å². The summed E-state index contributed by atoms with van der Waals surface area (Å²) in [4.78, 5) is 0. The molecule has 0 saturated heterocycles. The monoisotopic (exact) mass is 258 g/mol. The van der Waals surface area contributed by atoms with Crippen LogP contribution < -0.4 is 4.74 Å².